The number of anilines is 1. The van der Waals surface area contributed by atoms with E-state index in [-0.39, 0.29) is 11.9 Å². The molecular formula is C20H20ClN3O2S. The Labute approximate surface area is 166 Å². The van der Waals surface area contributed by atoms with Crippen LogP contribution in [0.3, 0.4) is 0 Å². The second-order valence-corrected chi connectivity index (χ2v) is 7.68. The highest BCUT2D eigenvalue weighted by Crippen LogP contribution is 2.37. The molecular weight excluding hydrogens is 382 g/mol. The monoisotopic (exact) mass is 401 g/mol. The van der Waals surface area contributed by atoms with E-state index in [1.54, 1.807) is 19.2 Å². The fourth-order valence-corrected chi connectivity index (χ4v) is 4.02. The fraction of sp³-hybridized carbons (Fsp3) is 0.200. The smallest absolute Gasteiger partial charge is 0.267 e. The Hall–Kier alpha value is -2.57. The van der Waals surface area contributed by atoms with E-state index < -0.39 is 0 Å². The predicted molar refractivity (Wildman–Crippen MR) is 114 cm³/mol. The van der Waals surface area contributed by atoms with Gasteiger partial charge in [-0.15, -0.1) is 11.3 Å². The van der Waals surface area contributed by atoms with Crippen molar-refractivity contribution in [1.29, 1.82) is 0 Å². The molecule has 0 spiro atoms. The number of aliphatic imine (C=N–C) groups is 1. The van der Waals surface area contributed by atoms with Gasteiger partial charge in [-0.05, 0) is 56.3 Å². The van der Waals surface area contributed by atoms with Crippen LogP contribution in [0.25, 0.3) is 10.1 Å². The molecule has 0 aliphatic heterocycles. The lowest BCUT2D eigenvalue weighted by Gasteiger charge is -2.07. The molecule has 0 unspecified atom stereocenters. The van der Waals surface area contributed by atoms with E-state index >= 15 is 0 Å². The number of methoxy groups -OCH3 is 1. The van der Waals surface area contributed by atoms with Crippen LogP contribution < -0.4 is 15.8 Å². The molecule has 3 rings (SSSR count). The van der Waals surface area contributed by atoms with Crippen molar-refractivity contribution in [1.82, 2.24) is 0 Å². The molecule has 1 aromatic heterocycles. The van der Waals surface area contributed by atoms with Crippen molar-refractivity contribution in [2.24, 2.45) is 10.7 Å². The molecule has 0 aliphatic carbocycles. The fourth-order valence-electron chi connectivity index (χ4n) is 2.58. The van der Waals surface area contributed by atoms with Gasteiger partial charge in [-0.1, -0.05) is 11.6 Å². The molecule has 3 aromatic rings. The van der Waals surface area contributed by atoms with Gasteiger partial charge < -0.3 is 15.8 Å². The normalized spacial score (nSPS) is 11.8. The number of rotatable bonds is 5. The lowest BCUT2D eigenvalue weighted by Crippen LogP contribution is -2.16. The summed E-state index contributed by atoms with van der Waals surface area (Å²) >= 11 is 7.74. The molecule has 27 heavy (non-hydrogen) atoms. The van der Waals surface area contributed by atoms with Crippen molar-refractivity contribution in [3.63, 3.8) is 0 Å². The number of thiophene rings is 1. The Morgan fingerprint density at radius 2 is 1.93 bits per heavy atom. The van der Waals surface area contributed by atoms with Gasteiger partial charge >= 0.3 is 0 Å². The Morgan fingerprint density at radius 1 is 1.22 bits per heavy atom. The van der Waals surface area contributed by atoms with Crippen LogP contribution in [0.5, 0.6) is 5.75 Å². The number of carbonyl (C=O) groups excluding carboxylic acids is 1. The molecule has 0 fully saturated rings. The summed E-state index contributed by atoms with van der Waals surface area (Å²) < 4.78 is 6.13. The maximum absolute atomic E-state index is 12.7. The third-order valence-electron chi connectivity index (χ3n) is 3.88. The summed E-state index contributed by atoms with van der Waals surface area (Å²) in [6, 6.07) is 12.9. The first-order chi connectivity index (χ1) is 12.9. The molecule has 0 bridgehead atoms. The van der Waals surface area contributed by atoms with E-state index in [1.165, 1.54) is 11.3 Å². The summed E-state index contributed by atoms with van der Waals surface area (Å²) in [7, 11) is 1.60. The van der Waals surface area contributed by atoms with Crippen molar-refractivity contribution in [3.8, 4) is 5.75 Å². The number of amidine groups is 1. The summed E-state index contributed by atoms with van der Waals surface area (Å²) in [6.45, 7) is 3.93. The Kier molecular flexibility index (Phi) is 5.68. The van der Waals surface area contributed by atoms with Gasteiger partial charge in [0.15, 0.2) is 0 Å². The average molecular weight is 402 g/mol. The first-order valence-corrected chi connectivity index (χ1v) is 9.59. The summed E-state index contributed by atoms with van der Waals surface area (Å²) in [4.78, 5) is 17.4. The average Bonchev–Trinajstić information content (AvgIpc) is 2.98. The minimum atomic E-state index is -0.253. The van der Waals surface area contributed by atoms with Crippen LogP contribution in [0.1, 0.15) is 29.1 Å². The number of halogens is 1. The van der Waals surface area contributed by atoms with E-state index in [0.29, 0.717) is 21.4 Å². The summed E-state index contributed by atoms with van der Waals surface area (Å²) in [5.41, 5.74) is 7.43. The zero-order valence-corrected chi connectivity index (χ0v) is 16.8. The van der Waals surface area contributed by atoms with E-state index in [4.69, 9.17) is 22.1 Å². The second kappa shape index (κ2) is 7.98. The van der Waals surface area contributed by atoms with Crippen LogP contribution in [0, 0.1) is 0 Å². The maximum Gasteiger partial charge on any atom is 0.267 e. The highest BCUT2D eigenvalue weighted by atomic mass is 35.5. The van der Waals surface area contributed by atoms with Gasteiger partial charge in [0.2, 0.25) is 0 Å². The zero-order valence-electron chi connectivity index (χ0n) is 15.2. The van der Waals surface area contributed by atoms with Gasteiger partial charge in [-0.2, -0.15) is 0 Å². The highest BCUT2D eigenvalue weighted by molar-refractivity contribution is 7.21. The van der Waals surface area contributed by atoms with Gasteiger partial charge in [-0.3, -0.25) is 9.79 Å². The van der Waals surface area contributed by atoms with E-state index in [9.17, 15) is 4.79 Å². The molecule has 5 nitrogen and oxygen atoms in total. The van der Waals surface area contributed by atoms with Crippen LogP contribution in [0.2, 0.25) is 5.02 Å². The minimum absolute atomic E-state index is 0.123. The molecule has 1 heterocycles. The van der Waals surface area contributed by atoms with Crippen molar-refractivity contribution in [2.75, 3.05) is 12.4 Å². The lowest BCUT2D eigenvalue weighted by molar-refractivity contribution is 0.103. The number of nitrogens with one attached hydrogen (secondary N) is 1. The molecule has 3 N–H and O–H groups in total. The number of benzene rings is 2. The Balaban J connectivity index is 1.81. The molecule has 7 heteroatoms. The van der Waals surface area contributed by atoms with Crippen LogP contribution in [-0.2, 0) is 0 Å². The Morgan fingerprint density at radius 3 is 2.56 bits per heavy atom. The van der Waals surface area contributed by atoms with Gasteiger partial charge in [0.25, 0.3) is 5.91 Å². The summed E-state index contributed by atoms with van der Waals surface area (Å²) in [5.74, 6) is 0.949. The molecule has 140 valence electrons. The van der Waals surface area contributed by atoms with Crippen LogP contribution in [0.4, 0.5) is 5.69 Å². The molecule has 0 saturated carbocycles. The molecule has 1 amide bonds. The van der Waals surface area contributed by atoms with E-state index in [1.807, 2.05) is 44.2 Å². The number of nitrogens with two attached hydrogens (primary N) is 1. The standard InChI is InChI=1S/C20H20ClN3O2S/c1-11(2)23-19(22)12-4-6-13(7-5-12)24-20(25)18-17(21)15-9-8-14(26-3)10-16(15)27-18/h4-11H,1-3H3,(H2,22,23)(H,24,25). The van der Waals surface area contributed by atoms with Crippen LogP contribution in [0.15, 0.2) is 47.5 Å². The predicted octanol–water partition coefficient (Wildman–Crippen LogP) is 4.93. The molecule has 0 aliphatic rings. The number of ether oxygens (including phenoxy) is 1. The van der Waals surface area contributed by atoms with Gasteiger partial charge in [0.05, 0.1) is 12.1 Å². The quantitative estimate of drug-likeness (QED) is 0.470. The molecule has 2 aromatic carbocycles. The van der Waals surface area contributed by atoms with Gasteiger partial charge in [0, 0.05) is 27.4 Å². The second-order valence-electron chi connectivity index (χ2n) is 6.25. The zero-order chi connectivity index (χ0) is 19.6. The van der Waals surface area contributed by atoms with Crippen molar-refractivity contribution >= 4 is 50.5 Å². The SMILES string of the molecule is COc1ccc2c(Cl)c(C(=O)Nc3ccc(C(N)=NC(C)C)cc3)sc2c1. The molecule has 0 radical (unpaired) electrons. The van der Waals surface area contributed by atoms with Gasteiger partial charge in [-0.25, -0.2) is 0 Å². The number of amides is 1. The number of carbonyl (C=O) groups is 1. The first kappa shape index (κ1) is 19.2. The topological polar surface area (TPSA) is 76.7 Å². The van der Waals surface area contributed by atoms with Gasteiger partial charge in [0.1, 0.15) is 16.5 Å². The number of fused-ring (bicyclic) bond motifs is 1. The highest BCUT2D eigenvalue weighted by Gasteiger charge is 2.18. The summed E-state index contributed by atoms with van der Waals surface area (Å²) in [5, 5.41) is 4.15. The number of hydrogen-bond acceptors (Lipinski definition) is 4. The van der Waals surface area contributed by atoms with Crippen molar-refractivity contribution in [3.05, 3.63) is 57.9 Å². The van der Waals surface area contributed by atoms with Crippen molar-refractivity contribution in [2.45, 2.75) is 19.9 Å². The third-order valence-corrected chi connectivity index (χ3v) is 5.53. The maximum atomic E-state index is 12.7. The Bertz CT molecular complexity index is 1010. The number of hydrogen-bond donors (Lipinski definition) is 2. The largest absolute Gasteiger partial charge is 0.497 e. The summed E-state index contributed by atoms with van der Waals surface area (Å²) in [6.07, 6.45) is 0. The molecule has 0 saturated heterocycles. The van der Waals surface area contributed by atoms with E-state index in [0.717, 1.165) is 21.4 Å². The number of nitrogens with zero attached hydrogens (tertiary/aromatic N) is 1. The van der Waals surface area contributed by atoms with E-state index in [2.05, 4.69) is 10.3 Å². The van der Waals surface area contributed by atoms with Crippen LogP contribution in [-0.4, -0.2) is 24.9 Å². The first-order valence-electron chi connectivity index (χ1n) is 8.40. The van der Waals surface area contributed by atoms with Crippen molar-refractivity contribution < 1.29 is 9.53 Å². The lowest BCUT2D eigenvalue weighted by atomic mass is 10.2. The van der Waals surface area contributed by atoms with Crippen LogP contribution >= 0.6 is 22.9 Å². The minimum Gasteiger partial charge on any atom is -0.497 e. The third kappa shape index (κ3) is 4.23. The molecule has 0 atom stereocenters.